The van der Waals surface area contributed by atoms with Crippen molar-refractivity contribution >= 4 is 12.1 Å². The molecule has 5 nitrogen and oxygen atoms in total. The lowest BCUT2D eigenvalue weighted by atomic mass is 10.1. The number of carbonyl (C=O) groups is 2. The fourth-order valence-electron chi connectivity index (χ4n) is 2.48. The molecule has 1 saturated heterocycles. The first-order valence-corrected chi connectivity index (χ1v) is 6.51. The lowest BCUT2D eigenvalue weighted by Crippen LogP contribution is -2.46. The lowest BCUT2D eigenvalue weighted by Gasteiger charge is -2.29. The van der Waals surface area contributed by atoms with E-state index >= 15 is 0 Å². The van der Waals surface area contributed by atoms with Gasteiger partial charge in [0.05, 0.1) is 6.61 Å². The first kappa shape index (κ1) is 13.2. The van der Waals surface area contributed by atoms with Crippen LogP contribution in [-0.4, -0.2) is 41.3 Å². The van der Waals surface area contributed by atoms with Crippen molar-refractivity contribution in [1.29, 1.82) is 0 Å². The molecular weight excluding hydrogens is 234 g/mol. The van der Waals surface area contributed by atoms with Crippen LogP contribution in [0.25, 0.3) is 0 Å². The molecule has 1 heterocycles. The third-order valence-corrected chi connectivity index (χ3v) is 3.27. The molecule has 3 atom stereocenters. The molecular formula is C13H21NO4. The summed E-state index contributed by atoms with van der Waals surface area (Å²) in [4.78, 5) is 25.5. The zero-order chi connectivity index (χ0) is 13.5. The van der Waals surface area contributed by atoms with Gasteiger partial charge in [0.2, 0.25) is 0 Å². The van der Waals surface area contributed by atoms with Crippen LogP contribution in [0.2, 0.25) is 0 Å². The number of likely N-dealkylation sites (tertiary alicyclic amines) is 1. The summed E-state index contributed by atoms with van der Waals surface area (Å²) in [5.74, 6) is 0.141. The predicted octanol–water partition coefficient (Wildman–Crippen LogP) is 1.95. The van der Waals surface area contributed by atoms with E-state index in [0.717, 1.165) is 6.42 Å². The molecule has 0 aromatic heterocycles. The van der Waals surface area contributed by atoms with Crippen LogP contribution < -0.4 is 0 Å². The Labute approximate surface area is 107 Å². The molecule has 0 aromatic carbocycles. The second-order valence-corrected chi connectivity index (χ2v) is 5.95. The summed E-state index contributed by atoms with van der Waals surface area (Å²) < 4.78 is 10.4. The number of amides is 1. The molecule has 0 aromatic rings. The van der Waals surface area contributed by atoms with E-state index in [0.29, 0.717) is 18.9 Å². The Balaban J connectivity index is 2.04. The van der Waals surface area contributed by atoms with Crippen LogP contribution in [0.3, 0.4) is 0 Å². The van der Waals surface area contributed by atoms with Crippen molar-refractivity contribution in [1.82, 2.24) is 4.90 Å². The number of hydrogen-bond donors (Lipinski definition) is 0. The predicted molar refractivity (Wildman–Crippen MR) is 65.0 cm³/mol. The number of piperidine rings is 1. The molecule has 1 unspecified atom stereocenters. The minimum absolute atomic E-state index is 0.175. The van der Waals surface area contributed by atoms with Crippen molar-refractivity contribution in [2.24, 2.45) is 5.92 Å². The molecule has 1 aliphatic heterocycles. The summed E-state index contributed by atoms with van der Waals surface area (Å²) in [5.41, 5.74) is -0.538. The van der Waals surface area contributed by atoms with Crippen LogP contribution in [-0.2, 0) is 14.3 Å². The molecule has 2 fully saturated rings. The van der Waals surface area contributed by atoms with Gasteiger partial charge in [0.25, 0.3) is 0 Å². The van der Waals surface area contributed by atoms with Crippen molar-refractivity contribution in [2.75, 3.05) is 6.61 Å². The summed E-state index contributed by atoms with van der Waals surface area (Å²) in [6, 6.07) is -0.280. The van der Waals surface area contributed by atoms with E-state index in [1.165, 1.54) is 0 Å². The number of fused-ring (bicyclic) bond motifs is 1. The molecule has 0 spiro atoms. The molecule has 2 aliphatic rings. The van der Waals surface area contributed by atoms with Crippen LogP contribution in [0, 0.1) is 5.92 Å². The van der Waals surface area contributed by atoms with Crippen molar-refractivity contribution in [3.05, 3.63) is 0 Å². The van der Waals surface area contributed by atoms with E-state index in [2.05, 4.69) is 0 Å². The maximum absolute atomic E-state index is 12.1. The molecule has 0 bridgehead atoms. The average Bonchev–Trinajstić information content (AvgIpc) is 2.86. The van der Waals surface area contributed by atoms with E-state index in [-0.39, 0.29) is 12.0 Å². The van der Waals surface area contributed by atoms with Crippen LogP contribution in [0.5, 0.6) is 0 Å². The maximum Gasteiger partial charge on any atom is 0.411 e. The highest BCUT2D eigenvalue weighted by Crippen LogP contribution is 2.48. The van der Waals surface area contributed by atoms with Gasteiger partial charge in [-0.05, 0) is 46.5 Å². The lowest BCUT2D eigenvalue weighted by molar-refractivity contribution is -0.148. The van der Waals surface area contributed by atoms with Gasteiger partial charge in [0.15, 0.2) is 0 Å². The Morgan fingerprint density at radius 1 is 1.28 bits per heavy atom. The number of hydrogen-bond acceptors (Lipinski definition) is 4. The van der Waals surface area contributed by atoms with Gasteiger partial charge in [0.1, 0.15) is 11.6 Å². The van der Waals surface area contributed by atoms with E-state index in [4.69, 9.17) is 9.47 Å². The van der Waals surface area contributed by atoms with Gasteiger partial charge in [-0.2, -0.15) is 0 Å². The van der Waals surface area contributed by atoms with Crippen LogP contribution in [0.15, 0.2) is 0 Å². The molecule has 1 saturated carbocycles. The van der Waals surface area contributed by atoms with Crippen molar-refractivity contribution in [2.45, 2.75) is 58.2 Å². The Morgan fingerprint density at radius 3 is 2.50 bits per heavy atom. The fourth-order valence-corrected chi connectivity index (χ4v) is 2.48. The van der Waals surface area contributed by atoms with Gasteiger partial charge in [-0.3, -0.25) is 4.90 Å². The van der Waals surface area contributed by atoms with E-state index < -0.39 is 17.7 Å². The molecule has 0 N–H and O–H groups in total. The third kappa shape index (κ3) is 2.60. The van der Waals surface area contributed by atoms with Gasteiger partial charge in [0, 0.05) is 6.04 Å². The van der Waals surface area contributed by atoms with Crippen LogP contribution in [0.1, 0.15) is 40.5 Å². The largest absolute Gasteiger partial charge is 0.464 e. The summed E-state index contributed by atoms with van der Waals surface area (Å²) in [7, 11) is 0. The highest BCUT2D eigenvalue weighted by atomic mass is 16.6. The Bertz CT molecular complexity index is 360. The Hall–Kier alpha value is -1.26. The number of rotatable bonds is 2. The van der Waals surface area contributed by atoms with Crippen LogP contribution >= 0.6 is 0 Å². The maximum atomic E-state index is 12.1. The summed E-state index contributed by atoms with van der Waals surface area (Å²) in [5, 5.41) is 0. The highest BCUT2D eigenvalue weighted by Gasteiger charge is 2.57. The minimum Gasteiger partial charge on any atom is -0.464 e. The number of esters is 1. The normalized spacial score (nSPS) is 29.8. The van der Waals surface area contributed by atoms with Crippen LogP contribution in [0.4, 0.5) is 4.79 Å². The SMILES string of the molecule is CCOC(=O)[C@H]1C[C@@H]2CC2N1C(=O)OC(C)(C)C. The first-order chi connectivity index (χ1) is 8.33. The molecule has 1 amide bonds. The number of nitrogens with zero attached hydrogens (tertiary/aromatic N) is 1. The van der Waals surface area contributed by atoms with Gasteiger partial charge in [-0.25, -0.2) is 9.59 Å². The van der Waals surface area contributed by atoms with Gasteiger partial charge in [-0.15, -0.1) is 0 Å². The van der Waals surface area contributed by atoms with Crippen molar-refractivity contribution in [3.8, 4) is 0 Å². The van der Waals surface area contributed by atoms with Crippen molar-refractivity contribution < 1.29 is 19.1 Å². The van der Waals surface area contributed by atoms with E-state index in [1.807, 2.05) is 20.8 Å². The quantitative estimate of drug-likeness (QED) is 0.708. The number of carbonyl (C=O) groups excluding carboxylic acids is 2. The summed E-state index contributed by atoms with van der Waals surface area (Å²) in [6.45, 7) is 7.58. The molecule has 102 valence electrons. The molecule has 5 heteroatoms. The second kappa shape index (κ2) is 4.44. The number of ether oxygens (including phenoxy) is 2. The van der Waals surface area contributed by atoms with Gasteiger partial charge >= 0.3 is 12.1 Å². The Kier molecular flexibility index (Phi) is 3.25. The molecule has 18 heavy (non-hydrogen) atoms. The third-order valence-electron chi connectivity index (χ3n) is 3.27. The van der Waals surface area contributed by atoms with Gasteiger partial charge < -0.3 is 9.47 Å². The monoisotopic (exact) mass is 255 g/mol. The van der Waals surface area contributed by atoms with Crippen molar-refractivity contribution in [3.63, 3.8) is 0 Å². The van der Waals surface area contributed by atoms with E-state index in [9.17, 15) is 9.59 Å². The topological polar surface area (TPSA) is 55.8 Å². The summed E-state index contributed by atoms with van der Waals surface area (Å²) >= 11 is 0. The zero-order valence-corrected chi connectivity index (χ0v) is 11.4. The highest BCUT2D eigenvalue weighted by molar-refractivity contribution is 5.83. The Morgan fingerprint density at radius 2 is 1.94 bits per heavy atom. The smallest absolute Gasteiger partial charge is 0.411 e. The standard InChI is InChI=1S/C13H21NO4/c1-5-17-11(15)10-7-8-6-9(8)14(10)12(16)18-13(2,3)4/h8-10H,5-7H2,1-4H3/t8-,9?,10+/m0/s1. The molecule has 1 aliphatic carbocycles. The summed E-state index contributed by atoms with van der Waals surface area (Å²) in [6.07, 6.45) is 1.29. The minimum atomic E-state index is -0.538. The molecule has 0 radical (unpaired) electrons. The molecule has 2 rings (SSSR count). The second-order valence-electron chi connectivity index (χ2n) is 5.95. The van der Waals surface area contributed by atoms with Gasteiger partial charge in [-0.1, -0.05) is 0 Å². The van der Waals surface area contributed by atoms with E-state index in [1.54, 1.807) is 11.8 Å². The first-order valence-electron chi connectivity index (χ1n) is 6.51. The average molecular weight is 255 g/mol. The fraction of sp³-hybridized carbons (Fsp3) is 0.846. The zero-order valence-electron chi connectivity index (χ0n) is 11.4.